The Kier molecular flexibility index (Phi) is 6.45. The van der Waals surface area contributed by atoms with Crippen molar-refractivity contribution in [2.24, 2.45) is 0 Å². The average Bonchev–Trinajstić information content (AvgIpc) is 2.59. The van der Waals surface area contributed by atoms with Crippen LogP contribution in [-0.2, 0) is 17.9 Å². The summed E-state index contributed by atoms with van der Waals surface area (Å²) in [5.74, 6) is 0.749. The fourth-order valence-corrected chi connectivity index (χ4v) is 2.40. The fourth-order valence-electron chi connectivity index (χ4n) is 2.40. The number of nitrogens with zero attached hydrogens (tertiary/aromatic N) is 1. The van der Waals surface area contributed by atoms with E-state index < -0.39 is 5.60 Å². The van der Waals surface area contributed by atoms with Crippen LogP contribution in [0.5, 0.6) is 5.75 Å². The molecule has 0 unspecified atom stereocenters. The molecule has 0 radical (unpaired) electrons. The lowest BCUT2D eigenvalue weighted by molar-refractivity contribution is 0.0285. The molecule has 2 rings (SSSR count). The Morgan fingerprint density at radius 3 is 2.42 bits per heavy atom. The van der Waals surface area contributed by atoms with E-state index in [1.54, 1.807) is 18.0 Å². The van der Waals surface area contributed by atoms with Gasteiger partial charge in [-0.15, -0.1) is 0 Å². The maximum Gasteiger partial charge on any atom is 0.410 e. The number of carbonyl (C=O) groups excluding carboxylic acids is 1. The molecule has 0 spiro atoms. The number of amides is 1. The summed E-state index contributed by atoms with van der Waals surface area (Å²) in [6.07, 6.45) is 1.42. The molecule has 0 fully saturated rings. The third-order valence-corrected chi connectivity index (χ3v) is 3.60. The van der Waals surface area contributed by atoms with Gasteiger partial charge in [-0.3, -0.25) is 0 Å². The van der Waals surface area contributed by atoms with Crippen LogP contribution in [0.25, 0.3) is 6.08 Å². The van der Waals surface area contributed by atoms with Crippen LogP contribution in [-0.4, -0.2) is 23.6 Å². The first-order chi connectivity index (χ1) is 12.3. The van der Waals surface area contributed by atoms with E-state index in [1.807, 2.05) is 69.3 Å². The summed E-state index contributed by atoms with van der Waals surface area (Å²) in [5, 5.41) is 0. The normalized spacial score (nSPS) is 10.9. The highest BCUT2D eigenvalue weighted by molar-refractivity contribution is 5.68. The van der Waals surface area contributed by atoms with Gasteiger partial charge in [-0.2, -0.15) is 0 Å². The maximum atomic E-state index is 12.2. The molecule has 0 saturated carbocycles. The van der Waals surface area contributed by atoms with E-state index in [2.05, 4.69) is 6.58 Å². The number of benzene rings is 2. The first kappa shape index (κ1) is 19.6. The third-order valence-electron chi connectivity index (χ3n) is 3.60. The zero-order valence-corrected chi connectivity index (χ0v) is 16.0. The van der Waals surface area contributed by atoms with E-state index in [9.17, 15) is 4.79 Å². The van der Waals surface area contributed by atoms with Gasteiger partial charge in [0.05, 0.1) is 0 Å². The quantitative estimate of drug-likeness (QED) is 0.709. The number of hydrogen-bond donors (Lipinski definition) is 0. The molecule has 2 aromatic carbocycles. The van der Waals surface area contributed by atoms with Gasteiger partial charge < -0.3 is 14.4 Å². The summed E-state index contributed by atoms with van der Waals surface area (Å²) in [6.45, 7) is 10.3. The number of hydrogen-bond acceptors (Lipinski definition) is 3. The molecule has 138 valence electrons. The Balaban J connectivity index is 2.08. The SMILES string of the molecule is C=Cc1cc(CN(C)C(=O)OC(C)(C)C)cc(OCc2ccccc2)c1. The molecule has 0 aliphatic rings. The van der Waals surface area contributed by atoms with Crippen molar-refractivity contribution in [3.05, 3.63) is 71.8 Å². The van der Waals surface area contributed by atoms with Gasteiger partial charge in [0, 0.05) is 13.6 Å². The summed E-state index contributed by atoms with van der Waals surface area (Å²) in [6, 6.07) is 15.9. The Labute approximate surface area is 156 Å². The van der Waals surface area contributed by atoms with Crippen LogP contribution >= 0.6 is 0 Å². The first-order valence-corrected chi connectivity index (χ1v) is 8.64. The van der Waals surface area contributed by atoms with Crippen LogP contribution in [0.3, 0.4) is 0 Å². The molecule has 4 nitrogen and oxygen atoms in total. The van der Waals surface area contributed by atoms with Gasteiger partial charge in [-0.25, -0.2) is 4.79 Å². The molecule has 0 aliphatic heterocycles. The Hall–Kier alpha value is -2.75. The monoisotopic (exact) mass is 353 g/mol. The lowest BCUT2D eigenvalue weighted by Crippen LogP contribution is -2.33. The van der Waals surface area contributed by atoms with E-state index in [0.29, 0.717) is 13.2 Å². The van der Waals surface area contributed by atoms with Crippen molar-refractivity contribution in [3.63, 3.8) is 0 Å². The summed E-state index contributed by atoms with van der Waals surface area (Å²) in [5.41, 5.74) is 2.49. The smallest absolute Gasteiger partial charge is 0.410 e. The highest BCUT2D eigenvalue weighted by Crippen LogP contribution is 2.21. The lowest BCUT2D eigenvalue weighted by Gasteiger charge is -2.25. The molecule has 0 N–H and O–H groups in total. The summed E-state index contributed by atoms with van der Waals surface area (Å²) in [4.78, 5) is 13.7. The first-order valence-electron chi connectivity index (χ1n) is 8.64. The van der Waals surface area contributed by atoms with Crippen molar-refractivity contribution in [2.45, 2.75) is 39.5 Å². The standard InChI is InChI=1S/C22H27NO3/c1-6-17-12-19(15-23(5)21(24)26-22(2,3)4)14-20(13-17)25-16-18-10-8-7-9-11-18/h6-14H,1,15-16H2,2-5H3. The van der Waals surface area contributed by atoms with Crippen LogP contribution in [0.1, 0.15) is 37.5 Å². The topological polar surface area (TPSA) is 38.8 Å². The lowest BCUT2D eigenvalue weighted by atomic mass is 10.1. The van der Waals surface area contributed by atoms with E-state index in [4.69, 9.17) is 9.47 Å². The number of rotatable bonds is 6. The minimum Gasteiger partial charge on any atom is -0.489 e. The molecule has 0 aliphatic carbocycles. The van der Waals surface area contributed by atoms with Gasteiger partial charge in [-0.1, -0.05) is 43.0 Å². The van der Waals surface area contributed by atoms with Crippen molar-refractivity contribution in [1.29, 1.82) is 0 Å². The molecule has 0 atom stereocenters. The second-order valence-corrected chi connectivity index (χ2v) is 7.23. The average molecular weight is 353 g/mol. The summed E-state index contributed by atoms with van der Waals surface area (Å²) in [7, 11) is 1.72. The largest absolute Gasteiger partial charge is 0.489 e. The van der Waals surface area contributed by atoms with Crippen LogP contribution in [0, 0.1) is 0 Å². The minimum atomic E-state index is -0.516. The zero-order valence-electron chi connectivity index (χ0n) is 16.0. The van der Waals surface area contributed by atoms with Crippen molar-refractivity contribution >= 4 is 12.2 Å². The van der Waals surface area contributed by atoms with E-state index >= 15 is 0 Å². The molecule has 0 saturated heterocycles. The highest BCUT2D eigenvalue weighted by atomic mass is 16.6. The molecule has 1 amide bonds. The summed E-state index contributed by atoms with van der Waals surface area (Å²) >= 11 is 0. The van der Waals surface area contributed by atoms with E-state index in [0.717, 1.165) is 22.4 Å². The second-order valence-electron chi connectivity index (χ2n) is 7.23. The van der Waals surface area contributed by atoms with Gasteiger partial charge in [-0.05, 0) is 55.7 Å². The van der Waals surface area contributed by atoms with Crippen molar-refractivity contribution < 1.29 is 14.3 Å². The Bertz CT molecular complexity index is 748. The predicted molar refractivity (Wildman–Crippen MR) is 105 cm³/mol. The maximum absolute atomic E-state index is 12.2. The van der Waals surface area contributed by atoms with Crippen LogP contribution < -0.4 is 4.74 Å². The second kappa shape index (κ2) is 8.56. The summed E-state index contributed by atoms with van der Waals surface area (Å²) < 4.78 is 11.3. The molecular formula is C22H27NO3. The van der Waals surface area contributed by atoms with Gasteiger partial charge in [0.2, 0.25) is 0 Å². The molecule has 0 heterocycles. The highest BCUT2D eigenvalue weighted by Gasteiger charge is 2.19. The fraction of sp³-hybridized carbons (Fsp3) is 0.318. The Morgan fingerprint density at radius 1 is 1.12 bits per heavy atom. The predicted octanol–water partition coefficient (Wildman–Crippen LogP) is 5.28. The van der Waals surface area contributed by atoms with Gasteiger partial charge >= 0.3 is 6.09 Å². The molecule has 2 aromatic rings. The minimum absolute atomic E-state index is 0.353. The third kappa shape index (κ3) is 6.28. The van der Waals surface area contributed by atoms with Crippen molar-refractivity contribution in [3.8, 4) is 5.75 Å². The van der Waals surface area contributed by atoms with Crippen LogP contribution in [0.2, 0.25) is 0 Å². The van der Waals surface area contributed by atoms with Crippen molar-refractivity contribution in [1.82, 2.24) is 4.90 Å². The zero-order chi connectivity index (χ0) is 19.2. The van der Waals surface area contributed by atoms with Gasteiger partial charge in [0.15, 0.2) is 0 Å². The number of ether oxygens (including phenoxy) is 2. The number of carbonyl (C=O) groups is 1. The molecule has 4 heteroatoms. The van der Waals surface area contributed by atoms with Crippen LogP contribution in [0.4, 0.5) is 4.79 Å². The van der Waals surface area contributed by atoms with E-state index in [1.165, 1.54) is 0 Å². The molecule has 0 bridgehead atoms. The molecule has 0 aromatic heterocycles. The van der Waals surface area contributed by atoms with E-state index in [-0.39, 0.29) is 6.09 Å². The Morgan fingerprint density at radius 2 is 1.81 bits per heavy atom. The van der Waals surface area contributed by atoms with Crippen molar-refractivity contribution in [2.75, 3.05) is 7.05 Å². The van der Waals surface area contributed by atoms with Gasteiger partial charge in [0.1, 0.15) is 18.0 Å². The molecular weight excluding hydrogens is 326 g/mol. The van der Waals surface area contributed by atoms with Crippen LogP contribution in [0.15, 0.2) is 55.1 Å². The molecule has 26 heavy (non-hydrogen) atoms. The van der Waals surface area contributed by atoms with Gasteiger partial charge in [0.25, 0.3) is 0 Å².